The Morgan fingerprint density at radius 2 is 1.60 bits per heavy atom. The minimum atomic E-state index is -3.35. The Morgan fingerprint density at radius 1 is 1.13 bits per heavy atom. The van der Waals surface area contributed by atoms with Crippen molar-refractivity contribution in [3.05, 3.63) is 29.3 Å². The van der Waals surface area contributed by atoms with Crippen molar-refractivity contribution in [2.75, 3.05) is 0 Å². The molecule has 0 heterocycles. The van der Waals surface area contributed by atoms with E-state index >= 15 is 0 Å². The first-order chi connectivity index (χ1) is 6.85. The molecule has 0 radical (unpaired) electrons. The highest BCUT2D eigenvalue weighted by molar-refractivity contribution is 7.92. The Bertz CT molecular complexity index is 423. The molecule has 15 heavy (non-hydrogen) atoms. The molecule has 0 spiro atoms. The van der Waals surface area contributed by atoms with Gasteiger partial charge in [0.15, 0.2) is 9.84 Å². The first-order valence-corrected chi connectivity index (χ1v) is 6.85. The highest BCUT2D eigenvalue weighted by atomic mass is 35.5. The molecule has 0 amide bonds. The zero-order chi connectivity index (χ0) is 11.6. The largest absolute Gasteiger partial charge is 0.223 e. The first-order valence-electron chi connectivity index (χ1n) is 4.49. The topological polar surface area (TPSA) is 34.1 Å². The monoisotopic (exact) mass is 266 g/mol. The van der Waals surface area contributed by atoms with Gasteiger partial charge in [0.2, 0.25) is 0 Å². The third kappa shape index (κ3) is 2.86. The smallest absolute Gasteiger partial charge is 0.182 e. The normalized spacial score (nSPS) is 16.0. The van der Waals surface area contributed by atoms with E-state index in [9.17, 15) is 8.42 Å². The number of sulfone groups is 1. The lowest BCUT2D eigenvalue weighted by Gasteiger charge is -2.14. The Kier molecular flexibility index (Phi) is 4.04. The molecule has 1 aromatic rings. The molecule has 0 aromatic heterocycles. The summed E-state index contributed by atoms with van der Waals surface area (Å²) < 4.78 is 23.9. The first kappa shape index (κ1) is 12.8. The highest BCUT2D eigenvalue weighted by Crippen LogP contribution is 2.22. The van der Waals surface area contributed by atoms with Gasteiger partial charge in [-0.2, -0.15) is 0 Å². The minimum Gasteiger partial charge on any atom is -0.223 e. The van der Waals surface area contributed by atoms with Gasteiger partial charge in [0.25, 0.3) is 0 Å². The second-order valence-electron chi connectivity index (χ2n) is 3.38. The van der Waals surface area contributed by atoms with E-state index in [1.807, 2.05) is 0 Å². The SMILES string of the molecule is CC([C@@H](C)Cl)S(=O)(=O)c1ccc(Cl)cc1. The quantitative estimate of drug-likeness (QED) is 0.788. The van der Waals surface area contributed by atoms with Gasteiger partial charge < -0.3 is 0 Å². The molecule has 1 rings (SSSR count). The van der Waals surface area contributed by atoms with E-state index in [1.54, 1.807) is 26.0 Å². The summed E-state index contributed by atoms with van der Waals surface area (Å²) in [6.07, 6.45) is 0. The summed E-state index contributed by atoms with van der Waals surface area (Å²) in [5.74, 6) is 0. The van der Waals surface area contributed by atoms with E-state index in [0.717, 1.165) is 0 Å². The fourth-order valence-corrected chi connectivity index (χ4v) is 3.06. The number of rotatable bonds is 3. The summed E-state index contributed by atoms with van der Waals surface area (Å²) in [6, 6.07) is 6.10. The predicted octanol–water partition coefficient (Wildman–Crippen LogP) is 3.13. The Balaban J connectivity index is 3.12. The molecule has 0 aliphatic heterocycles. The van der Waals surface area contributed by atoms with Crippen molar-refractivity contribution in [3.8, 4) is 0 Å². The summed E-state index contributed by atoms with van der Waals surface area (Å²) in [5.41, 5.74) is 0. The molecule has 1 unspecified atom stereocenters. The number of hydrogen-bond acceptors (Lipinski definition) is 2. The molecule has 84 valence electrons. The van der Waals surface area contributed by atoms with E-state index in [2.05, 4.69) is 0 Å². The average molecular weight is 267 g/mol. The van der Waals surface area contributed by atoms with Crippen LogP contribution < -0.4 is 0 Å². The van der Waals surface area contributed by atoms with Crippen LogP contribution in [0.2, 0.25) is 5.02 Å². The fraction of sp³-hybridized carbons (Fsp3) is 0.400. The molecular formula is C10H12Cl2O2S. The van der Waals surface area contributed by atoms with Gasteiger partial charge in [-0.25, -0.2) is 8.42 Å². The van der Waals surface area contributed by atoms with Crippen molar-refractivity contribution in [2.45, 2.75) is 29.4 Å². The van der Waals surface area contributed by atoms with Crippen LogP contribution in [0.4, 0.5) is 0 Å². The van der Waals surface area contributed by atoms with Crippen LogP contribution in [0, 0.1) is 0 Å². The highest BCUT2D eigenvalue weighted by Gasteiger charge is 2.26. The molecule has 0 N–H and O–H groups in total. The van der Waals surface area contributed by atoms with Gasteiger partial charge >= 0.3 is 0 Å². The number of benzene rings is 1. The summed E-state index contributed by atoms with van der Waals surface area (Å²) in [5, 5.41) is -0.522. The van der Waals surface area contributed by atoms with Crippen LogP contribution >= 0.6 is 23.2 Å². The number of alkyl halides is 1. The van der Waals surface area contributed by atoms with Gasteiger partial charge in [0.05, 0.1) is 10.1 Å². The second-order valence-corrected chi connectivity index (χ2v) is 6.81. The molecule has 0 fully saturated rings. The van der Waals surface area contributed by atoms with Gasteiger partial charge in [-0.1, -0.05) is 11.6 Å². The van der Waals surface area contributed by atoms with Gasteiger partial charge in [-0.3, -0.25) is 0 Å². The van der Waals surface area contributed by atoms with E-state index in [4.69, 9.17) is 23.2 Å². The maximum Gasteiger partial charge on any atom is 0.182 e. The Labute approximate surface area is 100 Å². The van der Waals surface area contributed by atoms with Crippen LogP contribution in [0.15, 0.2) is 29.2 Å². The maximum atomic E-state index is 12.0. The molecule has 0 saturated carbocycles. The summed E-state index contributed by atoms with van der Waals surface area (Å²) in [4.78, 5) is 0.256. The molecular weight excluding hydrogens is 255 g/mol. The minimum absolute atomic E-state index is 0.256. The number of hydrogen-bond donors (Lipinski definition) is 0. The summed E-state index contributed by atoms with van der Waals surface area (Å²) >= 11 is 11.5. The standard InChI is InChI=1S/C10H12Cl2O2S/c1-7(11)8(2)15(13,14)10-5-3-9(12)4-6-10/h3-8H,1-2H3/t7-,8?/m1/s1. The average Bonchev–Trinajstić information content (AvgIpc) is 2.17. The van der Waals surface area contributed by atoms with E-state index < -0.39 is 20.5 Å². The molecule has 2 atom stereocenters. The molecule has 0 saturated heterocycles. The Morgan fingerprint density at radius 3 is 2.00 bits per heavy atom. The Hall–Kier alpha value is -0.250. The zero-order valence-electron chi connectivity index (χ0n) is 8.44. The van der Waals surface area contributed by atoms with Crippen LogP contribution in [0.5, 0.6) is 0 Å². The van der Waals surface area contributed by atoms with E-state index in [0.29, 0.717) is 5.02 Å². The number of halogens is 2. The lowest BCUT2D eigenvalue weighted by atomic mass is 10.4. The second kappa shape index (κ2) is 4.73. The van der Waals surface area contributed by atoms with Crippen molar-refractivity contribution in [1.82, 2.24) is 0 Å². The fourth-order valence-electron chi connectivity index (χ4n) is 1.09. The van der Waals surface area contributed by atoms with Gasteiger partial charge in [0.1, 0.15) is 0 Å². The van der Waals surface area contributed by atoms with Crippen molar-refractivity contribution in [2.24, 2.45) is 0 Å². The lowest BCUT2D eigenvalue weighted by Crippen LogP contribution is -2.25. The van der Waals surface area contributed by atoms with Gasteiger partial charge in [0, 0.05) is 10.4 Å². The maximum absolute atomic E-state index is 12.0. The summed E-state index contributed by atoms with van der Waals surface area (Å²) in [7, 11) is -3.35. The van der Waals surface area contributed by atoms with E-state index in [-0.39, 0.29) is 4.90 Å². The molecule has 1 aromatic carbocycles. The van der Waals surface area contributed by atoms with Crippen molar-refractivity contribution in [1.29, 1.82) is 0 Å². The van der Waals surface area contributed by atoms with E-state index in [1.165, 1.54) is 12.1 Å². The van der Waals surface area contributed by atoms with Crippen LogP contribution in [0.3, 0.4) is 0 Å². The van der Waals surface area contributed by atoms with Crippen molar-refractivity contribution < 1.29 is 8.42 Å². The van der Waals surface area contributed by atoms with Gasteiger partial charge in [-0.05, 0) is 38.1 Å². The van der Waals surface area contributed by atoms with Crippen LogP contribution in [0.1, 0.15) is 13.8 Å². The third-order valence-electron chi connectivity index (χ3n) is 2.28. The third-order valence-corrected chi connectivity index (χ3v) is 5.37. The predicted molar refractivity (Wildman–Crippen MR) is 63.4 cm³/mol. The molecule has 5 heteroatoms. The molecule has 0 aliphatic carbocycles. The van der Waals surface area contributed by atoms with Crippen LogP contribution in [0.25, 0.3) is 0 Å². The van der Waals surface area contributed by atoms with Crippen LogP contribution in [-0.2, 0) is 9.84 Å². The lowest BCUT2D eigenvalue weighted by molar-refractivity contribution is 0.582. The van der Waals surface area contributed by atoms with Crippen molar-refractivity contribution >= 4 is 33.0 Å². The molecule has 0 bridgehead atoms. The zero-order valence-corrected chi connectivity index (χ0v) is 10.8. The molecule has 2 nitrogen and oxygen atoms in total. The van der Waals surface area contributed by atoms with Gasteiger partial charge in [-0.15, -0.1) is 11.6 Å². The van der Waals surface area contributed by atoms with Crippen LogP contribution in [-0.4, -0.2) is 19.0 Å². The molecule has 0 aliphatic rings. The van der Waals surface area contributed by atoms with Crippen molar-refractivity contribution in [3.63, 3.8) is 0 Å². The summed E-state index contributed by atoms with van der Waals surface area (Å²) in [6.45, 7) is 3.27.